The van der Waals surface area contributed by atoms with Gasteiger partial charge in [-0.1, -0.05) is 23.1 Å². The second-order valence-electron chi connectivity index (χ2n) is 2.10. The molecule has 0 bridgehead atoms. The minimum atomic E-state index is -0.345. The predicted molar refractivity (Wildman–Crippen MR) is 54.8 cm³/mol. The number of methoxy groups -OCH3 is 1. The van der Waals surface area contributed by atoms with Crippen LogP contribution in [0, 0.1) is 0 Å². The molecule has 1 aromatic heterocycles. The highest BCUT2D eigenvalue weighted by Crippen LogP contribution is 2.29. The van der Waals surface area contributed by atoms with Gasteiger partial charge in [0.05, 0.1) is 7.11 Å². The standard InChI is InChI=1S/C7H10N2O2S2/c1-8-5-4(6(10)11-2)13-7(9-5)12-3/h8H,1-3H3. The van der Waals surface area contributed by atoms with Crippen molar-refractivity contribution in [1.82, 2.24) is 4.98 Å². The Hall–Kier alpha value is -0.750. The molecule has 13 heavy (non-hydrogen) atoms. The molecule has 1 N–H and O–H groups in total. The van der Waals surface area contributed by atoms with E-state index in [-0.39, 0.29) is 5.97 Å². The molecule has 72 valence electrons. The number of hydrogen-bond acceptors (Lipinski definition) is 6. The van der Waals surface area contributed by atoms with Crippen molar-refractivity contribution in [3.63, 3.8) is 0 Å². The number of rotatable bonds is 3. The molecule has 0 atom stereocenters. The summed E-state index contributed by atoms with van der Waals surface area (Å²) in [6.45, 7) is 0. The zero-order valence-electron chi connectivity index (χ0n) is 7.58. The second-order valence-corrected chi connectivity index (χ2v) is 4.16. The van der Waals surface area contributed by atoms with Crippen molar-refractivity contribution in [2.75, 3.05) is 25.7 Å². The topological polar surface area (TPSA) is 51.2 Å². The van der Waals surface area contributed by atoms with Crippen LogP contribution in [-0.4, -0.2) is 31.4 Å². The number of thiazole rings is 1. The first-order chi connectivity index (χ1) is 6.22. The van der Waals surface area contributed by atoms with E-state index in [2.05, 4.69) is 15.0 Å². The average Bonchev–Trinajstić information content (AvgIpc) is 2.59. The summed E-state index contributed by atoms with van der Waals surface area (Å²) in [6, 6.07) is 0. The van der Waals surface area contributed by atoms with Crippen molar-refractivity contribution in [2.24, 2.45) is 0 Å². The van der Waals surface area contributed by atoms with Crippen LogP contribution in [0.1, 0.15) is 9.67 Å². The average molecular weight is 218 g/mol. The van der Waals surface area contributed by atoms with Crippen LogP contribution in [0.15, 0.2) is 4.34 Å². The predicted octanol–water partition coefficient (Wildman–Crippen LogP) is 1.69. The lowest BCUT2D eigenvalue weighted by atomic mass is 10.5. The molecule has 0 aliphatic rings. The van der Waals surface area contributed by atoms with Crippen LogP contribution in [0.3, 0.4) is 0 Å². The van der Waals surface area contributed by atoms with E-state index in [0.717, 1.165) is 4.34 Å². The molecule has 0 spiro atoms. The van der Waals surface area contributed by atoms with Crippen LogP contribution in [0.25, 0.3) is 0 Å². The first-order valence-corrected chi connectivity index (χ1v) is 5.58. The Balaban J connectivity index is 3.03. The van der Waals surface area contributed by atoms with Gasteiger partial charge in [-0.05, 0) is 6.26 Å². The fourth-order valence-electron chi connectivity index (χ4n) is 0.788. The van der Waals surface area contributed by atoms with Crippen LogP contribution in [-0.2, 0) is 4.74 Å². The number of nitrogens with zero attached hydrogens (tertiary/aromatic N) is 1. The number of nitrogens with one attached hydrogen (secondary N) is 1. The summed E-state index contributed by atoms with van der Waals surface area (Å²) < 4.78 is 5.47. The van der Waals surface area contributed by atoms with E-state index in [1.807, 2.05) is 6.26 Å². The number of carbonyl (C=O) groups is 1. The summed E-state index contributed by atoms with van der Waals surface area (Å²) in [7, 11) is 3.09. The van der Waals surface area contributed by atoms with Gasteiger partial charge in [0.2, 0.25) is 0 Å². The number of hydrogen-bond donors (Lipinski definition) is 1. The minimum absolute atomic E-state index is 0.345. The molecule has 1 heterocycles. The molecule has 0 fully saturated rings. The van der Waals surface area contributed by atoms with Crippen molar-refractivity contribution in [3.05, 3.63) is 4.88 Å². The zero-order chi connectivity index (χ0) is 9.84. The molecule has 0 aliphatic carbocycles. The van der Waals surface area contributed by atoms with Crippen LogP contribution in [0.2, 0.25) is 0 Å². The van der Waals surface area contributed by atoms with E-state index < -0.39 is 0 Å². The zero-order valence-corrected chi connectivity index (χ0v) is 9.21. The maximum absolute atomic E-state index is 11.2. The fourth-order valence-corrected chi connectivity index (χ4v) is 2.28. The Kier molecular flexibility index (Phi) is 3.56. The molecule has 4 nitrogen and oxygen atoms in total. The van der Waals surface area contributed by atoms with Crippen molar-refractivity contribution < 1.29 is 9.53 Å². The van der Waals surface area contributed by atoms with E-state index >= 15 is 0 Å². The molecule has 1 rings (SSSR count). The molecule has 0 radical (unpaired) electrons. The number of aromatic nitrogens is 1. The van der Waals surface area contributed by atoms with E-state index in [9.17, 15) is 4.79 Å². The third-order valence-corrected chi connectivity index (χ3v) is 3.41. The maximum Gasteiger partial charge on any atom is 0.351 e. The largest absolute Gasteiger partial charge is 0.465 e. The van der Waals surface area contributed by atoms with E-state index in [1.165, 1.54) is 30.2 Å². The number of carbonyl (C=O) groups excluding carboxylic acids is 1. The SMILES string of the molecule is CNc1nc(SC)sc1C(=O)OC. The van der Waals surface area contributed by atoms with Crippen LogP contribution in [0.5, 0.6) is 0 Å². The quantitative estimate of drug-likeness (QED) is 0.618. The summed E-state index contributed by atoms with van der Waals surface area (Å²) in [6.07, 6.45) is 1.92. The monoisotopic (exact) mass is 218 g/mol. The van der Waals surface area contributed by atoms with Gasteiger partial charge in [0.15, 0.2) is 15.0 Å². The lowest BCUT2D eigenvalue weighted by Gasteiger charge is -1.97. The van der Waals surface area contributed by atoms with E-state index in [4.69, 9.17) is 0 Å². The van der Waals surface area contributed by atoms with Gasteiger partial charge in [-0.3, -0.25) is 0 Å². The van der Waals surface area contributed by atoms with Gasteiger partial charge < -0.3 is 10.1 Å². The normalized spacial score (nSPS) is 9.77. The molecule has 0 aliphatic heterocycles. The van der Waals surface area contributed by atoms with Crippen molar-refractivity contribution in [1.29, 1.82) is 0 Å². The molecule has 0 amide bonds. The number of anilines is 1. The van der Waals surface area contributed by atoms with Gasteiger partial charge in [-0.25, -0.2) is 9.78 Å². The Morgan fingerprint density at radius 3 is 2.85 bits per heavy atom. The number of thioether (sulfide) groups is 1. The Morgan fingerprint density at radius 1 is 1.69 bits per heavy atom. The van der Waals surface area contributed by atoms with Crippen molar-refractivity contribution in [2.45, 2.75) is 4.34 Å². The third kappa shape index (κ3) is 2.13. The number of esters is 1. The minimum Gasteiger partial charge on any atom is -0.465 e. The van der Waals surface area contributed by atoms with Gasteiger partial charge in [-0.2, -0.15) is 0 Å². The molecule has 0 unspecified atom stereocenters. The van der Waals surface area contributed by atoms with Crippen LogP contribution < -0.4 is 5.32 Å². The highest BCUT2D eigenvalue weighted by atomic mass is 32.2. The van der Waals surface area contributed by atoms with Crippen molar-refractivity contribution >= 4 is 34.9 Å². The summed E-state index contributed by atoms with van der Waals surface area (Å²) in [5.74, 6) is 0.239. The summed E-state index contributed by atoms with van der Waals surface area (Å²) in [5.41, 5.74) is 0. The van der Waals surface area contributed by atoms with Crippen LogP contribution in [0.4, 0.5) is 5.82 Å². The smallest absolute Gasteiger partial charge is 0.351 e. The Labute approximate surface area is 84.7 Å². The van der Waals surface area contributed by atoms with Gasteiger partial charge in [0.1, 0.15) is 0 Å². The summed E-state index contributed by atoms with van der Waals surface area (Å²) >= 11 is 2.84. The molecular formula is C7H10N2O2S2. The van der Waals surface area contributed by atoms with Gasteiger partial charge in [-0.15, -0.1) is 0 Å². The summed E-state index contributed by atoms with van der Waals surface area (Å²) in [4.78, 5) is 15.9. The van der Waals surface area contributed by atoms with Gasteiger partial charge in [0.25, 0.3) is 0 Å². The Bertz CT molecular complexity index is 311. The lowest BCUT2D eigenvalue weighted by molar-refractivity contribution is 0.0607. The van der Waals surface area contributed by atoms with E-state index in [0.29, 0.717) is 10.7 Å². The molecule has 6 heteroatoms. The van der Waals surface area contributed by atoms with Crippen molar-refractivity contribution in [3.8, 4) is 0 Å². The van der Waals surface area contributed by atoms with Gasteiger partial charge >= 0.3 is 5.97 Å². The highest BCUT2D eigenvalue weighted by Gasteiger charge is 2.17. The van der Waals surface area contributed by atoms with Gasteiger partial charge in [0, 0.05) is 7.05 Å². The summed E-state index contributed by atoms with van der Waals surface area (Å²) in [5, 5.41) is 2.85. The first kappa shape index (κ1) is 10.3. The van der Waals surface area contributed by atoms with Crippen LogP contribution >= 0.6 is 23.1 Å². The van der Waals surface area contributed by atoms with E-state index in [1.54, 1.807) is 7.05 Å². The third-order valence-electron chi connectivity index (χ3n) is 1.39. The molecule has 1 aromatic rings. The molecule has 0 saturated carbocycles. The molecular weight excluding hydrogens is 208 g/mol. The molecule has 0 aromatic carbocycles. The first-order valence-electron chi connectivity index (χ1n) is 3.53. The lowest BCUT2D eigenvalue weighted by Crippen LogP contribution is -2.02. The Morgan fingerprint density at radius 2 is 2.38 bits per heavy atom. The number of ether oxygens (including phenoxy) is 1. The highest BCUT2D eigenvalue weighted by molar-refractivity contribution is 8.00. The molecule has 0 saturated heterocycles. The fraction of sp³-hybridized carbons (Fsp3) is 0.429. The second kappa shape index (κ2) is 4.48. The maximum atomic E-state index is 11.2.